The topological polar surface area (TPSA) is 97.4 Å². The number of carbonyl (C=O) groups excluding carboxylic acids is 2. The quantitative estimate of drug-likeness (QED) is 0.477. The summed E-state index contributed by atoms with van der Waals surface area (Å²) in [5.74, 6) is -1.45. The molecule has 8 nitrogen and oxygen atoms in total. The minimum atomic E-state index is -1.19. The van der Waals surface area contributed by atoms with Crippen LogP contribution >= 0.6 is 0 Å². The lowest BCUT2D eigenvalue weighted by Gasteiger charge is -2.18. The third-order valence-electron chi connectivity index (χ3n) is 4.60. The van der Waals surface area contributed by atoms with Gasteiger partial charge in [-0.2, -0.15) is 0 Å². The van der Waals surface area contributed by atoms with E-state index in [-0.39, 0.29) is 11.8 Å². The summed E-state index contributed by atoms with van der Waals surface area (Å²) >= 11 is 0. The van der Waals surface area contributed by atoms with E-state index in [1.165, 1.54) is 47.7 Å². The Morgan fingerprint density at radius 3 is 1.83 bits per heavy atom. The van der Waals surface area contributed by atoms with E-state index >= 15 is 0 Å². The van der Waals surface area contributed by atoms with Gasteiger partial charge in [0, 0.05) is 5.56 Å². The van der Waals surface area contributed by atoms with Crippen molar-refractivity contribution in [1.82, 2.24) is 0 Å². The van der Waals surface area contributed by atoms with Crippen molar-refractivity contribution < 1.29 is 33.3 Å². The van der Waals surface area contributed by atoms with Gasteiger partial charge in [-0.15, -0.1) is 0 Å². The van der Waals surface area contributed by atoms with Crippen molar-refractivity contribution in [2.75, 3.05) is 35.5 Å². The molecule has 0 aliphatic carbocycles. The molecule has 0 amide bonds. The van der Waals surface area contributed by atoms with Crippen molar-refractivity contribution in [3.8, 4) is 28.4 Å². The Balaban J connectivity index is 2.74. The molecule has 2 aromatic carbocycles. The van der Waals surface area contributed by atoms with Crippen LogP contribution in [0.4, 0.5) is 0 Å². The molecule has 0 spiro atoms. The van der Waals surface area contributed by atoms with E-state index in [9.17, 15) is 14.4 Å². The van der Waals surface area contributed by atoms with Crippen LogP contribution in [0.2, 0.25) is 0 Å². The molecular weight excluding hydrogens is 392 g/mol. The maximum atomic E-state index is 12.2. The Bertz CT molecular complexity index is 967. The van der Waals surface area contributed by atoms with E-state index < -0.39 is 17.9 Å². The molecule has 8 heteroatoms. The molecule has 160 valence electrons. The molecule has 0 aliphatic rings. The van der Waals surface area contributed by atoms with Crippen LogP contribution in [0.25, 0.3) is 11.1 Å². The summed E-state index contributed by atoms with van der Waals surface area (Å²) in [5.41, 5.74) is 1.47. The van der Waals surface area contributed by atoms with Gasteiger partial charge in [0.15, 0.2) is 22.8 Å². The molecule has 2 rings (SSSR count). The lowest BCUT2D eigenvalue weighted by Crippen LogP contribution is -2.28. The lowest BCUT2D eigenvalue weighted by molar-refractivity contribution is -0.158. The number of hydrogen-bond acceptors (Lipinski definition) is 8. The summed E-state index contributed by atoms with van der Waals surface area (Å²) in [6.07, 6.45) is -0.0414. The highest BCUT2D eigenvalue weighted by molar-refractivity contribution is 5.95. The summed E-state index contributed by atoms with van der Waals surface area (Å²) in [6, 6.07) is 9.36. The van der Waals surface area contributed by atoms with Gasteiger partial charge < -0.3 is 23.7 Å². The zero-order chi connectivity index (χ0) is 22.3. The standard InChI is InChI=1S/C22H24O8/c1-26-18-11-10-16(19(27-2)20(18)28-3)15-9-8-14(23)7-6-13(15)12-17(21(24)29-4)22(25)30-5/h6-11,17H,12H2,1-5H3. The zero-order valence-electron chi connectivity index (χ0n) is 17.5. The van der Waals surface area contributed by atoms with Crippen molar-refractivity contribution >= 4 is 11.9 Å². The summed E-state index contributed by atoms with van der Waals surface area (Å²) in [4.78, 5) is 36.3. The molecule has 0 saturated carbocycles. The Morgan fingerprint density at radius 1 is 0.733 bits per heavy atom. The second-order valence-corrected chi connectivity index (χ2v) is 6.19. The fourth-order valence-electron chi connectivity index (χ4n) is 3.12. The fraction of sp³-hybridized carbons (Fsp3) is 0.318. The Hall–Kier alpha value is -3.55. The van der Waals surface area contributed by atoms with E-state index in [1.807, 2.05) is 0 Å². The van der Waals surface area contributed by atoms with Crippen molar-refractivity contribution in [2.45, 2.75) is 6.42 Å². The molecule has 0 unspecified atom stereocenters. The number of rotatable bonds is 8. The predicted octanol–water partition coefficient (Wildman–Crippen LogP) is 2.24. The summed E-state index contributed by atoms with van der Waals surface area (Å²) < 4.78 is 25.8. The molecule has 0 radical (unpaired) electrons. The Labute approximate surface area is 174 Å². The third-order valence-corrected chi connectivity index (χ3v) is 4.60. The van der Waals surface area contributed by atoms with Gasteiger partial charge in [-0.25, -0.2) is 0 Å². The van der Waals surface area contributed by atoms with Crippen LogP contribution in [0, 0.1) is 5.92 Å². The minimum absolute atomic E-state index is 0.0414. The second-order valence-electron chi connectivity index (χ2n) is 6.19. The SMILES string of the molecule is COC(=O)C(Cc1ccc(=O)ccc1-c1ccc(OC)c(OC)c1OC)C(=O)OC. The molecule has 0 saturated heterocycles. The van der Waals surface area contributed by atoms with Gasteiger partial charge in [0.2, 0.25) is 5.75 Å². The van der Waals surface area contributed by atoms with Gasteiger partial charge >= 0.3 is 11.9 Å². The van der Waals surface area contributed by atoms with Gasteiger partial charge in [-0.1, -0.05) is 12.1 Å². The van der Waals surface area contributed by atoms with Crippen LogP contribution < -0.4 is 19.6 Å². The Kier molecular flexibility index (Phi) is 7.80. The molecule has 0 bridgehead atoms. The summed E-state index contributed by atoms with van der Waals surface area (Å²) in [6.45, 7) is 0. The fourth-order valence-corrected chi connectivity index (χ4v) is 3.12. The number of hydrogen-bond donors (Lipinski definition) is 0. The summed E-state index contributed by atoms with van der Waals surface area (Å²) in [7, 11) is 6.85. The number of methoxy groups -OCH3 is 5. The molecule has 0 heterocycles. The van der Waals surface area contributed by atoms with Gasteiger partial charge in [-0.05, 0) is 41.8 Å². The van der Waals surface area contributed by atoms with Crippen LogP contribution in [-0.2, 0) is 25.5 Å². The van der Waals surface area contributed by atoms with E-state index in [4.69, 9.17) is 23.7 Å². The first-order valence-electron chi connectivity index (χ1n) is 9.00. The van der Waals surface area contributed by atoms with Crippen molar-refractivity contribution in [3.05, 3.63) is 52.2 Å². The van der Waals surface area contributed by atoms with Gasteiger partial charge in [0.25, 0.3) is 0 Å². The van der Waals surface area contributed by atoms with E-state index in [1.54, 1.807) is 24.3 Å². The van der Waals surface area contributed by atoms with Crippen molar-refractivity contribution in [1.29, 1.82) is 0 Å². The van der Waals surface area contributed by atoms with Crippen LogP contribution in [0.5, 0.6) is 17.2 Å². The molecule has 2 aromatic rings. The van der Waals surface area contributed by atoms with Gasteiger partial charge in [-0.3, -0.25) is 14.4 Å². The van der Waals surface area contributed by atoms with Crippen LogP contribution in [0.3, 0.4) is 0 Å². The van der Waals surface area contributed by atoms with Crippen LogP contribution in [0.1, 0.15) is 5.56 Å². The van der Waals surface area contributed by atoms with Crippen molar-refractivity contribution in [3.63, 3.8) is 0 Å². The first kappa shape index (κ1) is 22.7. The predicted molar refractivity (Wildman–Crippen MR) is 109 cm³/mol. The Morgan fingerprint density at radius 2 is 1.30 bits per heavy atom. The average Bonchev–Trinajstić information content (AvgIpc) is 2.96. The third kappa shape index (κ3) is 4.71. The molecule has 0 N–H and O–H groups in total. The van der Waals surface area contributed by atoms with E-state index in [0.717, 1.165) is 0 Å². The monoisotopic (exact) mass is 416 g/mol. The maximum Gasteiger partial charge on any atom is 0.320 e. The molecule has 0 fully saturated rings. The maximum absolute atomic E-state index is 12.2. The zero-order valence-corrected chi connectivity index (χ0v) is 17.5. The smallest absolute Gasteiger partial charge is 0.320 e. The first-order valence-corrected chi connectivity index (χ1v) is 9.00. The van der Waals surface area contributed by atoms with E-state index in [2.05, 4.69) is 0 Å². The second kappa shape index (κ2) is 10.3. The molecular formula is C22H24O8. The van der Waals surface area contributed by atoms with E-state index in [0.29, 0.717) is 33.9 Å². The lowest BCUT2D eigenvalue weighted by atomic mass is 9.93. The normalized spacial score (nSPS) is 10.3. The van der Waals surface area contributed by atoms with Crippen LogP contribution in [0.15, 0.2) is 41.2 Å². The number of ether oxygens (including phenoxy) is 5. The molecule has 30 heavy (non-hydrogen) atoms. The van der Waals surface area contributed by atoms with Crippen molar-refractivity contribution in [2.24, 2.45) is 5.92 Å². The number of carbonyl (C=O) groups is 2. The summed E-state index contributed by atoms with van der Waals surface area (Å²) in [5, 5.41) is 0. The number of benzene rings is 1. The highest BCUT2D eigenvalue weighted by Crippen LogP contribution is 2.45. The average molecular weight is 416 g/mol. The highest BCUT2D eigenvalue weighted by atomic mass is 16.5. The largest absolute Gasteiger partial charge is 0.493 e. The molecule has 0 aliphatic heterocycles. The minimum Gasteiger partial charge on any atom is -0.493 e. The highest BCUT2D eigenvalue weighted by Gasteiger charge is 2.30. The molecule has 0 atom stereocenters. The number of esters is 2. The van der Waals surface area contributed by atoms with Crippen LogP contribution in [-0.4, -0.2) is 47.5 Å². The first-order chi connectivity index (χ1) is 14.4. The van der Waals surface area contributed by atoms with Gasteiger partial charge in [0.1, 0.15) is 0 Å². The van der Waals surface area contributed by atoms with Gasteiger partial charge in [0.05, 0.1) is 35.5 Å². The molecule has 0 aromatic heterocycles.